The summed E-state index contributed by atoms with van der Waals surface area (Å²) >= 11 is 0. The number of hydrogen-bond donors (Lipinski definition) is 1. The van der Waals surface area contributed by atoms with Crippen LogP contribution in [0.25, 0.3) is 0 Å². The van der Waals surface area contributed by atoms with Crippen LogP contribution in [0.4, 0.5) is 5.69 Å². The van der Waals surface area contributed by atoms with Gasteiger partial charge in [0.05, 0.1) is 10.1 Å². The maximum atomic E-state index is 11.7. The van der Waals surface area contributed by atoms with Gasteiger partial charge in [0.2, 0.25) is 0 Å². The van der Waals surface area contributed by atoms with Crippen LogP contribution in [0.2, 0.25) is 0 Å². The van der Waals surface area contributed by atoms with E-state index >= 15 is 0 Å². The van der Waals surface area contributed by atoms with Crippen LogP contribution in [0.3, 0.4) is 0 Å². The molecule has 0 heterocycles. The van der Waals surface area contributed by atoms with Gasteiger partial charge in [-0.3, -0.25) is 0 Å². The number of anilines is 1. The van der Waals surface area contributed by atoms with Crippen molar-refractivity contribution in [1.82, 2.24) is 0 Å². The lowest BCUT2D eigenvalue weighted by atomic mass is 10.2. The highest BCUT2D eigenvalue weighted by atomic mass is 32.2. The zero-order valence-electron chi connectivity index (χ0n) is 11.5. The molecule has 0 spiro atoms. The Hall–Kier alpha value is -1.08. The molecule has 2 unspecified atom stereocenters. The second-order valence-corrected chi connectivity index (χ2v) is 9.63. The molecular formula is C13H19NO4S2. The average Bonchev–Trinajstić information content (AvgIpc) is 2.76. The van der Waals surface area contributed by atoms with Crippen molar-refractivity contribution >= 4 is 25.4 Å². The minimum Gasteiger partial charge on any atom is -0.381 e. The first kappa shape index (κ1) is 15.3. The van der Waals surface area contributed by atoms with Gasteiger partial charge in [0.15, 0.2) is 19.7 Å². The molecule has 1 saturated carbocycles. The molecule has 20 heavy (non-hydrogen) atoms. The highest BCUT2D eigenvalue weighted by molar-refractivity contribution is 7.91. The molecule has 2 atom stereocenters. The Balaban J connectivity index is 2.15. The lowest BCUT2D eigenvalue weighted by Crippen LogP contribution is -2.34. The van der Waals surface area contributed by atoms with E-state index in [2.05, 4.69) is 5.32 Å². The second-order valence-electron chi connectivity index (χ2n) is 5.35. The summed E-state index contributed by atoms with van der Waals surface area (Å²) in [5, 5.41) is 2.84. The molecule has 1 aliphatic rings. The first-order valence-corrected chi connectivity index (χ1v) is 10.3. The van der Waals surface area contributed by atoms with Crippen LogP contribution in [-0.4, -0.2) is 40.6 Å². The first-order chi connectivity index (χ1) is 9.18. The van der Waals surface area contributed by atoms with E-state index in [4.69, 9.17) is 0 Å². The van der Waals surface area contributed by atoms with E-state index in [-0.39, 0.29) is 16.2 Å². The van der Waals surface area contributed by atoms with Crippen LogP contribution < -0.4 is 5.32 Å². The van der Waals surface area contributed by atoms with Gasteiger partial charge in [-0.15, -0.1) is 0 Å². The van der Waals surface area contributed by atoms with E-state index in [1.807, 2.05) is 0 Å². The Morgan fingerprint density at radius 1 is 1.00 bits per heavy atom. The van der Waals surface area contributed by atoms with E-state index in [0.29, 0.717) is 6.42 Å². The van der Waals surface area contributed by atoms with Crippen molar-refractivity contribution in [1.29, 1.82) is 0 Å². The quantitative estimate of drug-likeness (QED) is 0.909. The van der Waals surface area contributed by atoms with Crippen LogP contribution >= 0.6 is 0 Å². The third-order valence-corrected chi connectivity index (χ3v) is 6.43. The number of benzene rings is 1. The Kier molecular flexibility index (Phi) is 4.11. The Morgan fingerprint density at radius 3 is 2.10 bits per heavy atom. The van der Waals surface area contributed by atoms with Crippen LogP contribution in [0.5, 0.6) is 0 Å². The van der Waals surface area contributed by atoms with Gasteiger partial charge in [-0.1, -0.05) is 0 Å². The lowest BCUT2D eigenvalue weighted by Gasteiger charge is -2.20. The molecule has 1 N–H and O–H groups in total. The molecule has 1 aromatic carbocycles. The molecule has 1 aromatic rings. The van der Waals surface area contributed by atoms with Crippen molar-refractivity contribution in [3.63, 3.8) is 0 Å². The Morgan fingerprint density at radius 2 is 1.60 bits per heavy atom. The fourth-order valence-corrected chi connectivity index (χ4v) is 4.64. The Labute approximate surface area is 120 Å². The van der Waals surface area contributed by atoms with Gasteiger partial charge in [0, 0.05) is 24.2 Å². The largest absolute Gasteiger partial charge is 0.381 e. The zero-order valence-corrected chi connectivity index (χ0v) is 13.2. The molecule has 0 aliphatic heterocycles. The fraction of sp³-hybridized carbons (Fsp3) is 0.538. The summed E-state index contributed by atoms with van der Waals surface area (Å²) in [5.41, 5.74) is 0.748. The average molecular weight is 317 g/mol. The molecule has 2 rings (SSSR count). The van der Waals surface area contributed by atoms with Gasteiger partial charge in [-0.25, -0.2) is 16.8 Å². The number of rotatable bonds is 4. The second kappa shape index (κ2) is 5.37. The molecular weight excluding hydrogens is 298 g/mol. The van der Waals surface area contributed by atoms with Crippen molar-refractivity contribution in [2.75, 3.05) is 17.8 Å². The van der Waals surface area contributed by atoms with Gasteiger partial charge in [-0.2, -0.15) is 0 Å². The summed E-state index contributed by atoms with van der Waals surface area (Å²) in [6.07, 6.45) is 4.80. The monoisotopic (exact) mass is 317 g/mol. The highest BCUT2D eigenvalue weighted by Gasteiger charge is 2.34. The minimum atomic E-state index is -3.20. The number of nitrogens with one attached hydrogen (secondary N) is 1. The Bertz CT molecular complexity index is 678. The maximum Gasteiger partial charge on any atom is 0.175 e. The molecule has 0 radical (unpaired) electrons. The molecule has 0 saturated heterocycles. The van der Waals surface area contributed by atoms with Crippen molar-refractivity contribution < 1.29 is 16.8 Å². The summed E-state index contributed by atoms with van der Waals surface area (Å²) in [4.78, 5) is 0.258. The molecule has 5 nitrogen and oxygen atoms in total. The van der Waals surface area contributed by atoms with Crippen molar-refractivity contribution in [2.24, 2.45) is 0 Å². The van der Waals surface area contributed by atoms with Crippen LogP contribution in [0.1, 0.15) is 19.3 Å². The van der Waals surface area contributed by atoms with Crippen LogP contribution in [-0.2, 0) is 19.7 Å². The molecule has 1 aliphatic carbocycles. The van der Waals surface area contributed by atoms with Gasteiger partial charge in [-0.05, 0) is 43.5 Å². The van der Waals surface area contributed by atoms with E-state index in [1.165, 1.54) is 18.4 Å². The van der Waals surface area contributed by atoms with E-state index < -0.39 is 19.7 Å². The maximum absolute atomic E-state index is 11.7. The minimum absolute atomic E-state index is 0.103. The lowest BCUT2D eigenvalue weighted by molar-refractivity contribution is 0.579. The van der Waals surface area contributed by atoms with Crippen molar-refractivity contribution in [3.8, 4) is 0 Å². The van der Waals surface area contributed by atoms with Gasteiger partial charge in [0.1, 0.15) is 0 Å². The topological polar surface area (TPSA) is 80.3 Å². The van der Waals surface area contributed by atoms with Gasteiger partial charge >= 0.3 is 0 Å². The standard InChI is InChI=1S/C13H19NO4S2/c1-19(15,16)11-8-6-10(7-9-11)14-12-4-3-5-13(12)20(2,17)18/h6-9,12-14H,3-5H2,1-2H3. The molecule has 7 heteroatoms. The van der Waals surface area contributed by atoms with E-state index in [0.717, 1.165) is 24.8 Å². The zero-order chi connectivity index (χ0) is 15.0. The molecule has 1 fully saturated rings. The fourth-order valence-electron chi connectivity index (χ4n) is 2.62. The predicted molar refractivity (Wildman–Crippen MR) is 79.4 cm³/mol. The molecule has 0 bridgehead atoms. The van der Waals surface area contributed by atoms with Crippen molar-refractivity contribution in [3.05, 3.63) is 24.3 Å². The third kappa shape index (κ3) is 3.52. The highest BCUT2D eigenvalue weighted by Crippen LogP contribution is 2.28. The normalized spacial score (nSPS) is 23.7. The molecule has 0 aromatic heterocycles. The first-order valence-electron chi connectivity index (χ1n) is 6.43. The SMILES string of the molecule is CS(=O)(=O)c1ccc(NC2CCCC2S(C)(=O)=O)cc1. The van der Waals surface area contributed by atoms with E-state index in [9.17, 15) is 16.8 Å². The molecule has 112 valence electrons. The summed E-state index contributed by atoms with van der Waals surface area (Å²) in [6.45, 7) is 0. The smallest absolute Gasteiger partial charge is 0.175 e. The van der Waals surface area contributed by atoms with Gasteiger partial charge in [0.25, 0.3) is 0 Å². The van der Waals surface area contributed by atoms with Crippen LogP contribution in [0.15, 0.2) is 29.2 Å². The summed E-state index contributed by atoms with van der Waals surface area (Å²) in [6, 6.07) is 6.31. The summed E-state index contributed by atoms with van der Waals surface area (Å²) in [7, 11) is -6.27. The summed E-state index contributed by atoms with van der Waals surface area (Å²) in [5.74, 6) is 0. The molecule has 0 amide bonds. The van der Waals surface area contributed by atoms with Gasteiger partial charge < -0.3 is 5.32 Å². The predicted octanol–water partition coefficient (Wildman–Crippen LogP) is 1.47. The number of sulfone groups is 2. The van der Waals surface area contributed by atoms with E-state index in [1.54, 1.807) is 12.1 Å². The number of hydrogen-bond acceptors (Lipinski definition) is 5. The van der Waals surface area contributed by atoms with Crippen molar-refractivity contribution in [2.45, 2.75) is 35.4 Å². The van der Waals surface area contributed by atoms with Crippen LogP contribution in [0, 0.1) is 0 Å². The summed E-state index contributed by atoms with van der Waals surface area (Å²) < 4.78 is 46.1. The third-order valence-electron chi connectivity index (χ3n) is 3.64.